The quantitative estimate of drug-likeness (QED) is 0.882. The van der Waals surface area contributed by atoms with Gasteiger partial charge in [-0.2, -0.15) is 0 Å². The zero-order chi connectivity index (χ0) is 16.9. The minimum Gasteiger partial charge on any atom is -0.492 e. The largest absolute Gasteiger partial charge is 0.492 e. The molecule has 0 bridgehead atoms. The first kappa shape index (κ1) is 15.5. The molecule has 1 aromatic heterocycles. The first-order chi connectivity index (χ1) is 11.5. The molecule has 0 aliphatic carbocycles. The van der Waals surface area contributed by atoms with Crippen LogP contribution in [0.5, 0.6) is 5.75 Å². The van der Waals surface area contributed by atoms with Crippen LogP contribution in [0, 0.1) is 0 Å². The van der Waals surface area contributed by atoms with Gasteiger partial charge in [0.05, 0.1) is 6.61 Å². The lowest BCUT2D eigenvalue weighted by atomic mass is 10.1. The molecular weight excluding hydrogens is 352 g/mol. The van der Waals surface area contributed by atoms with Crippen LogP contribution in [-0.4, -0.2) is 26.6 Å². The molecule has 1 aromatic carbocycles. The zero-order valence-corrected chi connectivity index (χ0v) is 14.3. The number of benzene rings is 1. The number of ether oxygens (including phenoxy) is 1. The van der Waals surface area contributed by atoms with Crippen LogP contribution in [0.3, 0.4) is 0 Å². The summed E-state index contributed by atoms with van der Waals surface area (Å²) in [6, 6.07) is 4.86. The highest BCUT2D eigenvalue weighted by Gasteiger charge is 2.35. The van der Waals surface area contributed by atoms with Crippen LogP contribution < -0.4 is 14.6 Å². The van der Waals surface area contributed by atoms with Crippen molar-refractivity contribution in [1.29, 1.82) is 0 Å². The average Bonchev–Trinajstić information content (AvgIpc) is 3.02. The number of nitrogens with zero attached hydrogens (tertiary/aromatic N) is 1. The Hall–Kier alpha value is -1.99. The van der Waals surface area contributed by atoms with Crippen LogP contribution in [0.15, 0.2) is 34.1 Å². The number of halogens is 1. The maximum Gasteiger partial charge on any atom is 0.272 e. The Morgan fingerprint density at radius 3 is 2.88 bits per heavy atom. The van der Waals surface area contributed by atoms with E-state index in [1.807, 2.05) is 0 Å². The number of aromatic nitrogens is 1. The van der Waals surface area contributed by atoms with Crippen molar-refractivity contribution in [3.05, 3.63) is 50.9 Å². The van der Waals surface area contributed by atoms with E-state index in [4.69, 9.17) is 16.3 Å². The molecule has 6 nitrogen and oxygen atoms in total. The van der Waals surface area contributed by atoms with Gasteiger partial charge in [0, 0.05) is 29.7 Å². The van der Waals surface area contributed by atoms with Gasteiger partial charge in [-0.3, -0.25) is 9.10 Å². The van der Waals surface area contributed by atoms with Crippen LogP contribution >= 0.6 is 11.6 Å². The second-order valence-electron chi connectivity index (χ2n) is 5.85. The lowest BCUT2D eigenvalue weighted by molar-refractivity contribution is 0.348. The van der Waals surface area contributed by atoms with Crippen molar-refractivity contribution in [2.75, 3.05) is 17.5 Å². The molecule has 4 rings (SSSR count). The molecule has 0 radical (unpaired) electrons. The highest BCUT2D eigenvalue weighted by atomic mass is 35.5. The number of fused-ring (bicyclic) bond motifs is 2. The lowest BCUT2D eigenvalue weighted by Crippen LogP contribution is -2.39. The van der Waals surface area contributed by atoms with E-state index in [-0.39, 0.29) is 17.1 Å². The van der Waals surface area contributed by atoms with Crippen molar-refractivity contribution < 1.29 is 13.2 Å². The van der Waals surface area contributed by atoms with Gasteiger partial charge in [0.25, 0.3) is 15.6 Å². The van der Waals surface area contributed by atoms with E-state index in [2.05, 4.69) is 4.98 Å². The number of aromatic amines is 1. The van der Waals surface area contributed by atoms with Crippen LogP contribution in [-0.2, 0) is 22.9 Å². The maximum atomic E-state index is 13.2. The molecule has 3 heterocycles. The molecule has 126 valence electrons. The second-order valence-corrected chi connectivity index (χ2v) is 8.12. The summed E-state index contributed by atoms with van der Waals surface area (Å²) in [6.45, 7) is 0.680. The summed E-state index contributed by atoms with van der Waals surface area (Å²) in [5, 5.41) is 0.344. The van der Waals surface area contributed by atoms with Crippen LogP contribution in [0.4, 0.5) is 5.69 Å². The predicted octanol–water partition coefficient (Wildman–Crippen LogP) is 2.10. The third kappa shape index (κ3) is 2.31. The van der Waals surface area contributed by atoms with Gasteiger partial charge in [-0.05, 0) is 36.6 Å². The van der Waals surface area contributed by atoms with Gasteiger partial charge in [-0.15, -0.1) is 0 Å². The fourth-order valence-electron chi connectivity index (χ4n) is 3.30. The van der Waals surface area contributed by atoms with Gasteiger partial charge in [0.2, 0.25) is 0 Å². The van der Waals surface area contributed by atoms with Crippen molar-refractivity contribution >= 4 is 27.3 Å². The van der Waals surface area contributed by atoms with Gasteiger partial charge in [-0.1, -0.05) is 11.6 Å². The molecule has 1 N–H and O–H groups in total. The molecule has 0 atom stereocenters. The van der Waals surface area contributed by atoms with Gasteiger partial charge >= 0.3 is 0 Å². The number of hydrogen-bond donors (Lipinski definition) is 1. The van der Waals surface area contributed by atoms with E-state index < -0.39 is 15.6 Å². The molecule has 0 saturated heterocycles. The summed E-state index contributed by atoms with van der Waals surface area (Å²) in [6.07, 6.45) is 3.49. The monoisotopic (exact) mass is 366 g/mol. The molecule has 0 spiro atoms. The fraction of sp³-hybridized carbons (Fsp3) is 0.312. The molecule has 2 aliphatic heterocycles. The first-order valence-electron chi connectivity index (χ1n) is 7.67. The molecule has 2 aliphatic rings. The molecule has 0 fully saturated rings. The number of pyridine rings is 1. The SMILES string of the molecule is O=c1[nH]ccc2c1N(S(=O)(=O)c1cc(Cl)cc3c1OCC3)CCC2. The number of anilines is 1. The molecule has 8 heteroatoms. The first-order valence-corrected chi connectivity index (χ1v) is 9.49. The number of H-pyrrole nitrogens is 1. The van der Waals surface area contributed by atoms with Crippen molar-refractivity contribution in [2.24, 2.45) is 0 Å². The van der Waals surface area contributed by atoms with E-state index in [9.17, 15) is 13.2 Å². The highest BCUT2D eigenvalue weighted by molar-refractivity contribution is 7.93. The molecule has 24 heavy (non-hydrogen) atoms. The van der Waals surface area contributed by atoms with Crippen molar-refractivity contribution in [1.82, 2.24) is 4.98 Å². The van der Waals surface area contributed by atoms with Crippen molar-refractivity contribution in [3.63, 3.8) is 0 Å². The summed E-state index contributed by atoms with van der Waals surface area (Å²) >= 11 is 6.10. The minimum absolute atomic E-state index is 0.0265. The molecule has 0 saturated carbocycles. The Labute approximate surface area is 144 Å². The lowest BCUT2D eigenvalue weighted by Gasteiger charge is -2.29. The summed E-state index contributed by atoms with van der Waals surface area (Å²) < 4.78 is 33.2. The second kappa shape index (κ2) is 5.53. The number of aryl methyl sites for hydroxylation is 1. The minimum atomic E-state index is -3.94. The molecular formula is C16H15ClN2O4S. The maximum absolute atomic E-state index is 13.2. The standard InChI is InChI=1S/C16H15ClN2O4S/c17-12-8-11-4-7-23-15(11)13(9-12)24(21,22)19-6-1-2-10-3-5-18-16(20)14(10)19/h3,5,8-9H,1-2,4,6-7H2,(H,18,20). The molecule has 0 unspecified atom stereocenters. The Kier molecular flexibility index (Phi) is 3.58. The summed E-state index contributed by atoms with van der Waals surface area (Å²) in [5.41, 5.74) is 1.29. The smallest absolute Gasteiger partial charge is 0.272 e. The highest BCUT2D eigenvalue weighted by Crippen LogP contribution is 2.39. The van der Waals surface area contributed by atoms with Gasteiger partial charge in [0.15, 0.2) is 0 Å². The number of nitrogens with one attached hydrogen (secondary N) is 1. The topological polar surface area (TPSA) is 79.5 Å². The van der Waals surface area contributed by atoms with Crippen molar-refractivity contribution in [2.45, 2.75) is 24.2 Å². The average molecular weight is 367 g/mol. The summed E-state index contributed by atoms with van der Waals surface area (Å²) in [7, 11) is -3.94. The number of hydrogen-bond acceptors (Lipinski definition) is 4. The van der Waals surface area contributed by atoms with Crippen LogP contribution in [0.1, 0.15) is 17.5 Å². The van der Waals surface area contributed by atoms with Gasteiger partial charge in [-0.25, -0.2) is 8.42 Å². The van der Waals surface area contributed by atoms with Crippen molar-refractivity contribution in [3.8, 4) is 5.75 Å². The fourth-order valence-corrected chi connectivity index (χ4v) is 5.35. The number of sulfonamides is 1. The molecule has 0 amide bonds. The molecule has 2 aromatic rings. The van der Waals surface area contributed by atoms with Crippen LogP contribution in [0.2, 0.25) is 5.02 Å². The Bertz CT molecular complexity index is 984. The number of rotatable bonds is 2. The van der Waals surface area contributed by atoms with E-state index in [1.165, 1.54) is 16.6 Å². The normalized spacial score (nSPS) is 16.5. The summed E-state index contributed by atoms with van der Waals surface area (Å²) in [5.74, 6) is 0.346. The van der Waals surface area contributed by atoms with E-state index in [0.717, 1.165) is 11.1 Å². The van der Waals surface area contributed by atoms with Crippen LogP contribution in [0.25, 0.3) is 0 Å². The third-order valence-corrected chi connectivity index (χ3v) is 6.38. The van der Waals surface area contributed by atoms with Gasteiger partial charge in [0.1, 0.15) is 16.3 Å². The van der Waals surface area contributed by atoms with E-state index >= 15 is 0 Å². The summed E-state index contributed by atoms with van der Waals surface area (Å²) in [4.78, 5) is 14.8. The van der Waals surface area contributed by atoms with E-state index in [0.29, 0.717) is 36.6 Å². The van der Waals surface area contributed by atoms with E-state index in [1.54, 1.807) is 12.1 Å². The Morgan fingerprint density at radius 1 is 1.21 bits per heavy atom. The predicted molar refractivity (Wildman–Crippen MR) is 90.6 cm³/mol. The Morgan fingerprint density at radius 2 is 2.04 bits per heavy atom. The zero-order valence-electron chi connectivity index (χ0n) is 12.7. The third-order valence-electron chi connectivity index (χ3n) is 4.36. The van der Waals surface area contributed by atoms with Gasteiger partial charge < -0.3 is 9.72 Å². The Balaban J connectivity index is 1.92.